The summed E-state index contributed by atoms with van der Waals surface area (Å²) in [6, 6.07) is 25.0. The molecule has 0 heterocycles. The van der Waals surface area contributed by atoms with Crippen LogP contribution in [0.4, 0.5) is 5.69 Å². The number of hydrogen-bond acceptors (Lipinski definition) is 4. The van der Waals surface area contributed by atoms with Gasteiger partial charge in [0, 0.05) is 17.3 Å². The van der Waals surface area contributed by atoms with Gasteiger partial charge in [-0.05, 0) is 73.4 Å². The summed E-state index contributed by atoms with van der Waals surface area (Å²) in [7, 11) is 0. The molecule has 0 aromatic heterocycles. The van der Waals surface area contributed by atoms with E-state index in [1.807, 2.05) is 54.6 Å². The third-order valence-electron chi connectivity index (χ3n) is 5.42. The quantitative estimate of drug-likeness (QED) is 0.204. The molecule has 3 aromatic rings. The number of amides is 1. The number of carbonyl (C=O) groups is 1. The Morgan fingerprint density at radius 1 is 0.800 bits per heavy atom. The number of ether oxygens (including phenoxy) is 2. The molecule has 35 heavy (non-hydrogen) atoms. The minimum atomic E-state index is -0.273. The maximum absolute atomic E-state index is 12.5. The summed E-state index contributed by atoms with van der Waals surface area (Å²) in [6.07, 6.45) is 6.54. The minimum Gasteiger partial charge on any atom is -0.494 e. The SMILES string of the molecule is CCCCCCOc1ccc(C(=O)NC(=S)Nc2cccc(OCCCc3ccccc3)c2)cc1. The fraction of sp³-hybridized carbons (Fsp3) is 0.310. The van der Waals surface area contributed by atoms with E-state index in [0.717, 1.165) is 36.4 Å². The normalized spacial score (nSPS) is 10.4. The van der Waals surface area contributed by atoms with E-state index in [-0.39, 0.29) is 11.0 Å². The van der Waals surface area contributed by atoms with Crippen molar-refractivity contribution in [3.8, 4) is 11.5 Å². The first kappa shape index (κ1) is 26.2. The van der Waals surface area contributed by atoms with Crippen LogP contribution < -0.4 is 20.1 Å². The minimum absolute atomic E-state index is 0.229. The molecule has 6 heteroatoms. The number of anilines is 1. The van der Waals surface area contributed by atoms with E-state index < -0.39 is 0 Å². The second-order valence-corrected chi connectivity index (χ2v) is 8.72. The van der Waals surface area contributed by atoms with Crippen molar-refractivity contribution in [3.63, 3.8) is 0 Å². The number of rotatable bonds is 13. The zero-order valence-electron chi connectivity index (χ0n) is 20.3. The molecule has 0 radical (unpaired) electrons. The number of thiocarbonyl (C=S) groups is 1. The number of hydrogen-bond donors (Lipinski definition) is 2. The highest BCUT2D eigenvalue weighted by Gasteiger charge is 2.09. The van der Waals surface area contributed by atoms with Gasteiger partial charge in [-0.15, -0.1) is 0 Å². The fourth-order valence-corrected chi connectivity index (χ4v) is 3.74. The van der Waals surface area contributed by atoms with Crippen LogP contribution >= 0.6 is 12.2 Å². The first-order valence-electron chi connectivity index (χ1n) is 12.3. The van der Waals surface area contributed by atoms with E-state index in [1.54, 1.807) is 12.1 Å². The Hall–Kier alpha value is -3.38. The number of aryl methyl sites for hydroxylation is 1. The molecule has 0 aliphatic heterocycles. The lowest BCUT2D eigenvalue weighted by atomic mass is 10.1. The van der Waals surface area contributed by atoms with Crippen LogP contribution in [0.1, 0.15) is 54.9 Å². The summed E-state index contributed by atoms with van der Waals surface area (Å²) < 4.78 is 11.6. The molecule has 0 saturated carbocycles. The van der Waals surface area contributed by atoms with E-state index in [2.05, 4.69) is 29.7 Å². The van der Waals surface area contributed by atoms with E-state index in [0.29, 0.717) is 18.8 Å². The highest BCUT2D eigenvalue weighted by molar-refractivity contribution is 7.80. The first-order chi connectivity index (χ1) is 17.1. The Morgan fingerprint density at radius 3 is 2.31 bits per heavy atom. The van der Waals surface area contributed by atoms with Gasteiger partial charge in [-0.25, -0.2) is 0 Å². The van der Waals surface area contributed by atoms with Crippen LogP contribution in [-0.2, 0) is 6.42 Å². The molecule has 0 spiro atoms. The number of benzene rings is 3. The van der Waals surface area contributed by atoms with Crippen LogP contribution in [0.5, 0.6) is 11.5 Å². The summed E-state index contributed by atoms with van der Waals surface area (Å²) in [5.41, 5.74) is 2.57. The van der Waals surface area contributed by atoms with Crippen molar-refractivity contribution in [2.75, 3.05) is 18.5 Å². The van der Waals surface area contributed by atoms with Crippen molar-refractivity contribution in [2.45, 2.75) is 45.4 Å². The van der Waals surface area contributed by atoms with Crippen molar-refractivity contribution in [1.29, 1.82) is 0 Å². The van der Waals surface area contributed by atoms with E-state index in [9.17, 15) is 4.79 Å². The molecule has 0 fully saturated rings. The van der Waals surface area contributed by atoms with Crippen LogP contribution in [-0.4, -0.2) is 24.2 Å². The van der Waals surface area contributed by atoms with Crippen LogP contribution in [0.25, 0.3) is 0 Å². The molecule has 0 unspecified atom stereocenters. The molecule has 5 nitrogen and oxygen atoms in total. The Kier molecular flexibility index (Phi) is 11.1. The molecule has 3 aromatic carbocycles. The molecule has 0 aliphatic rings. The number of unbranched alkanes of at least 4 members (excludes halogenated alkanes) is 3. The zero-order chi connectivity index (χ0) is 24.7. The molecular formula is C29H34N2O3S. The summed E-state index contributed by atoms with van der Waals surface area (Å²) in [6.45, 7) is 3.50. The van der Waals surface area contributed by atoms with Crippen LogP contribution in [0, 0.1) is 0 Å². The largest absolute Gasteiger partial charge is 0.494 e. The van der Waals surface area contributed by atoms with Crippen LogP contribution in [0.3, 0.4) is 0 Å². The van der Waals surface area contributed by atoms with Crippen LogP contribution in [0.15, 0.2) is 78.9 Å². The molecule has 184 valence electrons. The topological polar surface area (TPSA) is 59.6 Å². The van der Waals surface area contributed by atoms with Gasteiger partial charge in [0.25, 0.3) is 5.91 Å². The molecule has 0 atom stereocenters. The molecule has 1 amide bonds. The van der Waals surface area contributed by atoms with Gasteiger partial charge in [-0.3, -0.25) is 10.1 Å². The predicted octanol–water partition coefficient (Wildman–Crippen LogP) is 6.78. The van der Waals surface area contributed by atoms with Crippen molar-refractivity contribution in [2.24, 2.45) is 0 Å². The molecule has 2 N–H and O–H groups in total. The van der Waals surface area contributed by atoms with E-state index >= 15 is 0 Å². The Bertz CT molecular complexity index is 1060. The van der Waals surface area contributed by atoms with Crippen molar-refractivity contribution in [3.05, 3.63) is 90.0 Å². The second kappa shape index (κ2) is 14.8. The monoisotopic (exact) mass is 490 g/mol. The highest BCUT2D eigenvalue weighted by atomic mass is 32.1. The third-order valence-corrected chi connectivity index (χ3v) is 5.63. The lowest BCUT2D eigenvalue weighted by Crippen LogP contribution is -2.34. The lowest BCUT2D eigenvalue weighted by molar-refractivity contribution is 0.0977. The standard InChI is InChI=1S/C29H34N2O3S/c1-2-3-4-8-20-33-26-18-16-24(17-19-26)28(32)31-29(35)30-25-14-9-15-27(22-25)34-21-10-13-23-11-6-5-7-12-23/h5-7,9,11-12,14-19,22H,2-4,8,10,13,20-21H2,1H3,(H2,30,31,32,35). The van der Waals surface area contributed by atoms with Gasteiger partial charge in [-0.1, -0.05) is 62.6 Å². The molecule has 3 rings (SSSR count). The lowest BCUT2D eigenvalue weighted by Gasteiger charge is -2.12. The Morgan fingerprint density at radius 2 is 1.54 bits per heavy atom. The van der Waals surface area contributed by atoms with Gasteiger partial charge < -0.3 is 14.8 Å². The van der Waals surface area contributed by atoms with Crippen molar-refractivity contribution < 1.29 is 14.3 Å². The van der Waals surface area contributed by atoms with Gasteiger partial charge >= 0.3 is 0 Å². The molecule has 0 bridgehead atoms. The maximum Gasteiger partial charge on any atom is 0.257 e. The average Bonchev–Trinajstić information content (AvgIpc) is 2.87. The van der Waals surface area contributed by atoms with Gasteiger partial charge in [0.05, 0.1) is 13.2 Å². The molecule has 0 saturated heterocycles. The Labute approximate surface area is 213 Å². The second-order valence-electron chi connectivity index (χ2n) is 8.31. The van der Waals surface area contributed by atoms with Gasteiger partial charge in [0.15, 0.2) is 5.11 Å². The number of carbonyl (C=O) groups excluding carboxylic acids is 1. The highest BCUT2D eigenvalue weighted by Crippen LogP contribution is 2.18. The summed E-state index contributed by atoms with van der Waals surface area (Å²) >= 11 is 5.33. The predicted molar refractivity (Wildman–Crippen MR) is 146 cm³/mol. The average molecular weight is 491 g/mol. The first-order valence-corrected chi connectivity index (χ1v) is 12.7. The van der Waals surface area contributed by atoms with Crippen LogP contribution in [0.2, 0.25) is 0 Å². The molecular weight excluding hydrogens is 456 g/mol. The number of nitrogens with one attached hydrogen (secondary N) is 2. The maximum atomic E-state index is 12.5. The van der Waals surface area contributed by atoms with Gasteiger partial charge in [0.2, 0.25) is 0 Å². The summed E-state index contributed by atoms with van der Waals surface area (Å²) in [4.78, 5) is 12.5. The van der Waals surface area contributed by atoms with E-state index in [1.165, 1.54) is 24.8 Å². The summed E-state index contributed by atoms with van der Waals surface area (Å²) in [5.74, 6) is 1.24. The third kappa shape index (κ3) is 9.79. The summed E-state index contributed by atoms with van der Waals surface area (Å²) in [5, 5.41) is 6.00. The van der Waals surface area contributed by atoms with Crippen molar-refractivity contribution in [1.82, 2.24) is 5.32 Å². The molecule has 0 aliphatic carbocycles. The van der Waals surface area contributed by atoms with E-state index in [4.69, 9.17) is 21.7 Å². The van der Waals surface area contributed by atoms with Crippen molar-refractivity contribution >= 4 is 28.9 Å². The smallest absolute Gasteiger partial charge is 0.257 e. The fourth-order valence-electron chi connectivity index (χ4n) is 3.53. The van der Waals surface area contributed by atoms with Gasteiger partial charge in [0.1, 0.15) is 11.5 Å². The Balaban J connectivity index is 1.40. The van der Waals surface area contributed by atoms with Gasteiger partial charge in [-0.2, -0.15) is 0 Å². The zero-order valence-corrected chi connectivity index (χ0v) is 21.1.